The molecule has 6 nitrogen and oxygen atoms in total. The summed E-state index contributed by atoms with van der Waals surface area (Å²) >= 11 is 0. The Hall–Kier alpha value is -14.5. The second-order valence-corrected chi connectivity index (χ2v) is 27.6. The fourth-order valence-electron chi connectivity index (χ4n) is 16.0. The molecule has 6 heteroatoms. The van der Waals surface area contributed by atoms with Gasteiger partial charge in [0.05, 0.1) is 0 Å². The van der Waals surface area contributed by atoms with Crippen molar-refractivity contribution in [2.45, 2.75) is 0 Å². The van der Waals surface area contributed by atoms with E-state index < -0.39 is 0 Å². The number of hydrogen-bond acceptors (Lipinski definition) is 6. The smallest absolute Gasteiger partial charge is 0.164 e. The first-order chi connectivity index (χ1) is 53.5. The van der Waals surface area contributed by atoms with Gasteiger partial charge in [0.15, 0.2) is 34.9 Å². The molecule has 20 rings (SSSR count). The van der Waals surface area contributed by atoms with Crippen LogP contribution in [0.15, 0.2) is 388 Å². The fourth-order valence-corrected chi connectivity index (χ4v) is 16.0. The van der Waals surface area contributed by atoms with Crippen LogP contribution in [0, 0.1) is 0 Å². The monoisotopic (exact) mass is 1370 g/mol. The minimum atomic E-state index is 0.583. The lowest BCUT2D eigenvalue weighted by Gasteiger charge is -2.20. The van der Waals surface area contributed by atoms with Crippen molar-refractivity contribution in [2.75, 3.05) is 0 Å². The van der Waals surface area contributed by atoms with Crippen molar-refractivity contribution >= 4 is 64.6 Å². The van der Waals surface area contributed by atoms with Crippen LogP contribution < -0.4 is 0 Å². The summed E-state index contributed by atoms with van der Waals surface area (Å²) in [7, 11) is 0. The predicted molar refractivity (Wildman–Crippen MR) is 449 cm³/mol. The summed E-state index contributed by atoms with van der Waals surface area (Å²) in [4.78, 5) is 31.7. The summed E-state index contributed by atoms with van der Waals surface area (Å²) in [6.07, 6.45) is 0. The molecule has 0 bridgehead atoms. The molecule has 0 aliphatic heterocycles. The van der Waals surface area contributed by atoms with E-state index in [2.05, 4.69) is 346 Å². The first-order valence-corrected chi connectivity index (χ1v) is 36.6. The van der Waals surface area contributed by atoms with Crippen LogP contribution in [-0.2, 0) is 0 Å². The van der Waals surface area contributed by atoms with Gasteiger partial charge in [0.25, 0.3) is 0 Å². The highest BCUT2D eigenvalue weighted by Gasteiger charge is 2.24. The molecule has 0 atom stereocenters. The Bertz CT molecular complexity index is 6870. The molecule has 0 fully saturated rings. The standard InChI is InChI=1S/C102H64N6/c1-4-26-65(27-5-1)71-36-21-42-79(60-71)99-103-97(68-30-6-2-7-31-68)106-102(107-99)82-45-24-41-77(63-82)95-89-51-18-19-52-90(89)96(84-53-25-35-67-29-12-13-46-83(67)84)91-57-56-75(64-92(91)95)73-38-20-37-72(58-73)74-39-22-43-80(61-74)100-104-98(69-32-8-3-9-33-69)105-101(108-100)81-44-23-40-76(62-81)93-85-47-14-16-49-87(85)94(88-50-17-15-48-86(88)93)78-55-54-66-28-10-11-34-70(66)59-78/h1-64H. The Kier molecular flexibility index (Phi) is 15.8. The number of hydrogen-bond donors (Lipinski definition) is 0. The minimum absolute atomic E-state index is 0.583. The second kappa shape index (κ2) is 27.0. The van der Waals surface area contributed by atoms with Gasteiger partial charge in [-0.2, -0.15) is 0 Å². The van der Waals surface area contributed by atoms with Crippen LogP contribution in [0.3, 0.4) is 0 Å². The van der Waals surface area contributed by atoms with Gasteiger partial charge in [0, 0.05) is 33.4 Å². The zero-order chi connectivity index (χ0) is 71.4. The lowest BCUT2D eigenvalue weighted by Crippen LogP contribution is -2.00. The predicted octanol–water partition coefficient (Wildman–Crippen LogP) is 26.6. The lowest BCUT2D eigenvalue weighted by atomic mass is 9.83. The molecule has 0 N–H and O–H groups in total. The molecule has 0 spiro atoms. The van der Waals surface area contributed by atoms with E-state index in [1.54, 1.807) is 0 Å². The Balaban J connectivity index is 0.703. The van der Waals surface area contributed by atoms with Gasteiger partial charge >= 0.3 is 0 Å². The average molecular weight is 1370 g/mol. The second-order valence-electron chi connectivity index (χ2n) is 27.6. The summed E-state index contributed by atoms with van der Waals surface area (Å²) in [5.41, 5.74) is 21.1. The first kappa shape index (κ1) is 63.2. The largest absolute Gasteiger partial charge is 0.208 e. The van der Waals surface area contributed by atoms with Crippen LogP contribution in [0.5, 0.6) is 0 Å². The van der Waals surface area contributed by atoms with Crippen LogP contribution >= 0.6 is 0 Å². The van der Waals surface area contributed by atoms with Gasteiger partial charge in [-0.25, -0.2) is 29.9 Å². The van der Waals surface area contributed by atoms with Crippen molar-refractivity contribution < 1.29 is 0 Å². The summed E-state index contributed by atoms with van der Waals surface area (Å²) in [5.74, 6) is 3.56. The van der Waals surface area contributed by atoms with E-state index in [9.17, 15) is 0 Å². The van der Waals surface area contributed by atoms with Crippen molar-refractivity contribution in [1.82, 2.24) is 29.9 Å². The number of benzene rings is 18. The van der Waals surface area contributed by atoms with E-state index in [1.807, 2.05) is 42.5 Å². The van der Waals surface area contributed by atoms with E-state index in [1.165, 1.54) is 76.3 Å². The van der Waals surface area contributed by atoms with Gasteiger partial charge in [-0.1, -0.05) is 346 Å². The minimum Gasteiger partial charge on any atom is -0.208 e. The van der Waals surface area contributed by atoms with Crippen LogP contribution in [0.4, 0.5) is 0 Å². The molecule has 0 unspecified atom stereocenters. The number of fused-ring (bicyclic) bond motifs is 6. The topological polar surface area (TPSA) is 77.3 Å². The van der Waals surface area contributed by atoms with Crippen molar-refractivity contribution in [3.63, 3.8) is 0 Å². The molecule has 20 aromatic rings. The van der Waals surface area contributed by atoms with E-state index in [0.717, 1.165) is 99.6 Å². The molecule has 108 heavy (non-hydrogen) atoms. The summed E-state index contributed by atoms with van der Waals surface area (Å²) in [5, 5.41) is 14.2. The number of rotatable bonds is 13. The third kappa shape index (κ3) is 11.6. The molecule has 0 saturated carbocycles. The van der Waals surface area contributed by atoms with E-state index in [-0.39, 0.29) is 0 Å². The maximum Gasteiger partial charge on any atom is 0.164 e. The van der Waals surface area contributed by atoms with Gasteiger partial charge in [-0.15, -0.1) is 0 Å². The van der Waals surface area contributed by atoms with Gasteiger partial charge < -0.3 is 0 Å². The average Bonchev–Trinajstić information content (AvgIpc) is 0.728. The molecule has 2 heterocycles. The van der Waals surface area contributed by atoms with Gasteiger partial charge in [-0.3, -0.25) is 0 Å². The maximum atomic E-state index is 5.40. The van der Waals surface area contributed by atoms with E-state index in [4.69, 9.17) is 29.9 Å². The molecule has 18 aromatic carbocycles. The number of aromatic nitrogens is 6. The molecule has 0 aliphatic carbocycles. The van der Waals surface area contributed by atoms with E-state index in [0.29, 0.717) is 34.9 Å². The zero-order valence-electron chi connectivity index (χ0n) is 58.6. The van der Waals surface area contributed by atoms with Gasteiger partial charge in [-0.05, 0) is 185 Å². The molecule has 0 saturated heterocycles. The summed E-state index contributed by atoms with van der Waals surface area (Å²) < 4.78 is 0. The number of nitrogens with zero attached hydrogens (tertiary/aromatic N) is 6. The van der Waals surface area contributed by atoms with Crippen LogP contribution in [0.1, 0.15) is 0 Å². The normalized spacial score (nSPS) is 11.5. The maximum absolute atomic E-state index is 5.40. The molecule has 0 amide bonds. The fraction of sp³-hybridized carbons (Fsp3) is 0. The molecule has 502 valence electrons. The lowest BCUT2D eigenvalue weighted by molar-refractivity contribution is 1.07. The van der Waals surface area contributed by atoms with Crippen molar-refractivity contribution in [2.24, 2.45) is 0 Å². The third-order valence-corrected chi connectivity index (χ3v) is 21.1. The molecule has 0 radical (unpaired) electrons. The van der Waals surface area contributed by atoms with Crippen molar-refractivity contribution in [3.05, 3.63) is 388 Å². The Morgan fingerprint density at radius 1 is 0.120 bits per heavy atom. The first-order valence-electron chi connectivity index (χ1n) is 36.6. The Labute approximate surface area is 625 Å². The third-order valence-electron chi connectivity index (χ3n) is 21.1. The summed E-state index contributed by atoms with van der Waals surface area (Å²) in [6, 6.07) is 139. The SMILES string of the molecule is c1ccc(-c2cccc(-c3nc(-c4ccccc4)nc(-c4cccc(-c5c6ccccc6c(-c6cccc7ccccc67)c6ccc(-c7cccc(-c8cccc(-c9nc(-c%10ccccc%10)nc(-c%10cccc(-c%11c%12ccccc%12c(-c%12ccc%13ccccc%13c%12)c%12ccccc%11%12)c%10)n9)c8)c7)cc56)c4)n3)c2)cc1. The Morgan fingerprint density at radius 2 is 0.389 bits per heavy atom. The highest BCUT2D eigenvalue weighted by molar-refractivity contribution is 6.25. The summed E-state index contributed by atoms with van der Waals surface area (Å²) in [6.45, 7) is 0. The Morgan fingerprint density at radius 3 is 0.852 bits per heavy atom. The van der Waals surface area contributed by atoms with Crippen molar-refractivity contribution in [3.8, 4) is 146 Å². The van der Waals surface area contributed by atoms with E-state index >= 15 is 0 Å². The molecule has 0 aliphatic rings. The molecular formula is C102H64N6. The van der Waals surface area contributed by atoms with Gasteiger partial charge in [0.1, 0.15) is 0 Å². The quantitative estimate of drug-likeness (QED) is 0.107. The van der Waals surface area contributed by atoms with Crippen LogP contribution in [0.25, 0.3) is 211 Å². The molecule has 2 aromatic heterocycles. The highest BCUT2D eigenvalue weighted by atomic mass is 15.0. The highest BCUT2D eigenvalue weighted by Crippen LogP contribution is 2.49. The van der Waals surface area contributed by atoms with Crippen LogP contribution in [-0.4, -0.2) is 29.9 Å². The van der Waals surface area contributed by atoms with Crippen LogP contribution in [0.2, 0.25) is 0 Å². The zero-order valence-corrected chi connectivity index (χ0v) is 58.6. The van der Waals surface area contributed by atoms with Gasteiger partial charge in [0.2, 0.25) is 0 Å². The van der Waals surface area contributed by atoms with Crippen molar-refractivity contribution in [1.29, 1.82) is 0 Å². The molecular weight excluding hydrogens is 1310 g/mol.